The summed E-state index contributed by atoms with van der Waals surface area (Å²) in [5.41, 5.74) is 3.35. The number of pyridine rings is 2. The molecular formula is C20H18FN5S. The Morgan fingerprint density at radius 3 is 2.59 bits per heavy atom. The first-order chi connectivity index (χ1) is 13.3. The second-order valence-corrected chi connectivity index (χ2v) is 8.04. The topological polar surface area (TPSA) is 54.8 Å². The summed E-state index contributed by atoms with van der Waals surface area (Å²) >= 11 is 1.69. The Morgan fingerprint density at radius 1 is 1.00 bits per heavy atom. The first kappa shape index (κ1) is 16.6. The fourth-order valence-corrected chi connectivity index (χ4v) is 4.90. The summed E-state index contributed by atoms with van der Waals surface area (Å²) in [4.78, 5) is 19.2. The molecule has 1 fully saturated rings. The van der Waals surface area contributed by atoms with Gasteiger partial charge >= 0.3 is 0 Å². The van der Waals surface area contributed by atoms with Crippen LogP contribution in [-0.2, 0) is 6.42 Å². The molecule has 7 heteroatoms. The van der Waals surface area contributed by atoms with Gasteiger partial charge in [0.15, 0.2) is 0 Å². The van der Waals surface area contributed by atoms with Crippen molar-refractivity contribution in [2.45, 2.75) is 29.5 Å². The quantitative estimate of drug-likeness (QED) is 0.640. The Kier molecular flexibility index (Phi) is 4.24. The summed E-state index contributed by atoms with van der Waals surface area (Å²) in [5.74, 6) is 0.260. The molecule has 3 aromatic rings. The monoisotopic (exact) mass is 379 g/mol. The third-order valence-electron chi connectivity index (χ3n) is 5.09. The Morgan fingerprint density at radius 2 is 1.81 bits per heavy atom. The smallest absolute Gasteiger partial charge is 0.224 e. The molecule has 0 aliphatic carbocycles. The summed E-state index contributed by atoms with van der Waals surface area (Å²) in [6, 6.07) is 7.63. The number of thioether (sulfide) groups is 1. The van der Waals surface area contributed by atoms with Crippen molar-refractivity contribution in [2.24, 2.45) is 0 Å². The molecule has 3 aromatic heterocycles. The molecule has 0 spiro atoms. The Labute approximate surface area is 161 Å². The molecule has 0 N–H and O–H groups in total. The maximum absolute atomic E-state index is 14.7. The zero-order valence-electron chi connectivity index (χ0n) is 14.7. The van der Waals surface area contributed by atoms with Crippen molar-refractivity contribution in [3.63, 3.8) is 0 Å². The number of anilines is 1. The van der Waals surface area contributed by atoms with Gasteiger partial charge in [0, 0.05) is 36.3 Å². The zero-order valence-corrected chi connectivity index (χ0v) is 15.5. The Balaban J connectivity index is 1.42. The van der Waals surface area contributed by atoms with Crippen molar-refractivity contribution in [3.8, 4) is 11.3 Å². The Bertz CT molecular complexity index is 975. The lowest BCUT2D eigenvalue weighted by molar-refractivity contribution is 0.585. The highest BCUT2D eigenvalue weighted by Gasteiger charge is 2.26. The van der Waals surface area contributed by atoms with E-state index >= 15 is 0 Å². The van der Waals surface area contributed by atoms with Crippen molar-refractivity contribution in [1.82, 2.24) is 19.9 Å². The van der Waals surface area contributed by atoms with E-state index in [9.17, 15) is 4.39 Å². The van der Waals surface area contributed by atoms with Gasteiger partial charge in [-0.05, 0) is 43.0 Å². The van der Waals surface area contributed by atoms with E-state index in [4.69, 9.17) is 4.98 Å². The SMILES string of the molecule is Fc1nc(N2CCCC2)ccc1-c1ccc2c(n1)SC(c1cncnc1)C2. The molecule has 0 amide bonds. The van der Waals surface area contributed by atoms with Gasteiger partial charge < -0.3 is 4.90 Å². The van der Waals surface area contributed by atoms with Crippen LogP contribution in [0.3, 0.4) is 0 Å². The molecule has 0 bridgehead atoms. The minimum Gasteiger partial charge on any atom is -0.357 e. The number of fused-ring (bicyclic) bond motifs is 1. The third kappa shape index (κ3) is 3.16. The molecular weight excluding hydrogens is 361 g/mol. The average Bonchev–Trinajstić information content (AvgIpc) is 3.38. The van der Waals surface area contributed by atoms with E-state index in [1.807, 2.05) is 30.6 Å². The van der Waals surface area contributed by atoms with Gasteiger partial charge in [0.1, 0.15) is 17.2 Å². The van der Waals surface area contributed by atoms with Gasteiger partial charge in [-0.25, -0.2) is 19.9 Å². The van der Waals surface area contributed by atoms with E-state index in [1.54, 1.807) is 17.8 Å². The van der Waals surface area contributed by atoms with Crippen LogP contribution in [0.4, 0.5) is 10.2 Å². The highest BCUT2D eigenvalue weighted by molar-refractivity contribution is 7.99. The molecule has 27 heavy (non-hydrogen) atoms. The molecule has 0 aromatic carbocycles. The largest absolute Gasteiger partial charge is 0.357 e. The van der Waals surface area contributed by atoms with Crippen molar-refractivity contribution in [2.75, 3.05) is 18.0 Å². The molecule has 0 saturated carbocycles. The van der Waals surface area contributed by atoms with E-state index in [2.05, 4.69) is 19.9 Å². The first-order valence-corrected chi connectivity index (χ1v) is 9.99. The van der Waals surface area contributed by atoms with Crippen molar-refractivity contribution in [1.29, 1.82) is 0 Å². The fraction of sp³-hybridized carbons (Fsp3) is 0.300. The fourth-order valence-electron chi connectivity index (χ4n) is 3.65. The van der Waals surface area contributed by atoms with Gasteiger partial charge in [-0.2, -0.15) is 4.39 Å². The number of nitrogens with zero attached hydrogens (tertiary/aromatic N) is 5. The zero-order chi connectivity index (χ0) is 18.2. The molecule has 5 nitrogen and oxygen atoms in total. The van der Waals surface area contributed by atoms with Crippen LogP contribution < -0.4 is 4.90 Å². The number of halogens is 1. The lowest BCUT2D eigenvalue weighted by Crippen LogP contribution is -2.19. The van der Waals surface area contributed by atoms with Gasteiger partial charge in [0.25, 0.3) is 0 Å². The summed E-state index contributed by atoms with van der Waals surface area (Å²) in [6.45, 7) is 1.90. The highest BCUT2D eigenvalue weighted by Crippen LogP contribution is 2.45. The highest BCUT2D eigenvalue weighted by atomic mass is 32.2. The maximum atomic E-state index is 14.7. The van der Waals surface area contributed by atoms with Gasteiger partial charge in [0.05, 0.1) is 11.3 Å². The van der Waals surface area contributed by atoms with Gasteiger partial charge in [0.2, 0.25) is 5.95 Å². The van der Waals surface area contributed by atoms with Crippen LogP contribution in [0, 0.1) is 5.95 Å². The van der Waals surface area contributed by atoms with Crippen LogP contribution >= 0.6 is 11.8 Å². The molecule has 5 heterocycles. The minimum absolute atomic E-state index is 0.254. The van der Waals surface area contributed by atoms with Crippen LogP contribution in [0.25, 0.3) is 11.3 Å². The molecule has 1 unspecified atom stereocenters. The lowest BCUT2D eigenvalue weighted by atomic mass is 10.1. The number of hydrogen-bond donors (Lipinski definition) is 0. The third-order valence-corrected chi connectivity index (χ3v) is 6.39. The average molecular weight is 379 g/mol. The predicted molar refractivity (Wildman–Crippen MR) is 103 cm³/mol. The van der Waals surface area contributed by atoms with E-state index < -0.39 is 5.95 Å². The van der Waals surface area contributed by atoms with E-state index in [1.165, 1.54) is 11.9 Å². The summed E-state index contributed by atoms with van der Waals surface area (Å²) in [6.07, 6.45) is 8.39. The molecule has 0 radical (unpaired) electrons. The molecule has 2 aliphatic heterocycles. The minimum atomic E-state index is -0.456. The molecule has 5 rings (SSSR count). The first-order valence-electron chi connectivity index (χ1n) is 9.11. The van der Waals surface area contributed by atoms with Crippen LogP contribution in [0.5, 0.6) is 0 Å². The number of rotatable bonds is 3. The second-order valence-electron chi connectivity index (χ2n) is 6.85. The summed E-state index contributed by atoms with van der Waals surface area (Å²) in [7, 11) is 0. The van der Waals surface area contributed by atoms with E-state index in [0.29, 0.717) is 17.1 Å². The number of aromatic nitrogens is 4. The predicted octanol–water partition coefficient (Wildman–Crippen LogP) is 4.06. The lowest BCUT2D eigenvalue weighted by Gasteiger charge is -2.16. The van der Waals surface area contributed by atoms with Crippen molar-refractivity contribution >= 4 is 17.6 Å². The molecule has 1 saturated heterocycles. The normalized spacial score (nSPS) is 18.7. The van der Waals surface area contributed by atoms with Crippen molar-refractivity contribution < 1.29 is 4.39 Å². The molecule has 1 atom stereocenters. The van der Waals surface area contributed by atoms with E-state index in [-0.39, 0.29) is 5.25 Å². The second kappa shape index (κ2) is 6.88. The van der Waals surface area contributed by atoms with Crippen LogP contribution in [0.15, 0.2) is 48.0 Å². The number of hydrogen-bond acceptors (Lipinski definition) is 6. The maximum Gasteiger partial charge on any atom is 0.224 e. The molecule has 2 aliphatic rings. The van der Waals surface area contributed by atoms with Crippen LogP contribution in [-0.4, -0.2) is 33.0 Å². The van der Waals surface area contributed by atoms with Gasteiger partial charge in [-0.1, -0.05) is 17.8 Å². The summed E-state index contributed by atoms with van der Waals surface area (Å²) < 4.78 is 14.7. The van der Waals surface area contributed by atoms with Crippen LogP contribution in [0.2, 0.25) is 0 Å². The van der Waals surface area contributed by atoms with Gasteiger partial charge in [-0.3, -0.25) is 0 Å². The standard InChI is InChI=1S/C20H18FN5S/c21-19-15(4-6-18(25-19)26-7-1-2-8-26)16-5-3-13-9-17(27-20(13)24-16)14-10-22-12-23-11-14/h3-6,10-12,17H,1-2,7-9H2. The van der Waals surface area contributed by atoms with Crippen molar-refractivity contribution in [3.05, 3.63) is 60.1 Å². The molecule has 136 valence electrons. The summed E-state index contributed by atoms with van der Waals surface area (Å²) in [5, 5.41) is 1.20. The van der Waals surface area contributed by atoms with Gasteiger partial charge in [-0.15, -0.1) is 0 Å². The van der Waals surface area contributed by atoms with Crippen LogP contribution in [0.1, 0.15) is 29.2 Å². The Hall–Kier alpha value is -2.54. The van der Waals surface area contributed by atoms with E-state index in [0.717, 1.165) is 42.9 Å².